The van der Waals surface area contributed by atoms with E-state index in [0.717, 1.165) is 17.9 Å². The highest BCUT2D eigenvalue weighted by Crippen LogP contribution is 2.29. The summed E-state index contributed by atoms with van der Waals surface area (Å²) in [7, 11) is 0. The van der Waals surface area contributed by atoms with Crippen molar-refractivity contribution in [3.8, 4) is 0 Å². The topological polar surface area (TPSA) is 54.9 Å². The minimum Gasteiger partial charge on any atom is -0.296 e. The third kappa shape index (κ3) is 4.34. The molecule has 0 atom stereocenters. The third-order valence-corrected chi connectivity index (χ3v) is 5.75. The second-order valence-electron chi connectivity index (χ2n) is 4.35. The lowest BCUT2D eigenvalue weighted by Gasteiger charge is -2.01. The van der Waals surface area contributed by atoms with Gasteiger partial charge in [-0.1, -0.05) is 29.2 Å². The monoisotopic (exact) mass is 369 g/mol. The number of hydrogen-bond acceptors (Lipinski definition) is 6. The number of thioether (sulfide) groups is 1. The van der Waals surface area contributed by atoms with Gasteiger partial charge in [0.2, 0.25) is 5.13 Å². The van der Waals surface area contributed by atoms with Crippen LogP contribution in [0.4, 0.5) is 13.9 Å². The molecule has 23 heavy (non-hydrogen) atoms. The Morgan fingerprint density at radius 1 is 1.22 bits per heavy atom. The first-order valence-electron chi connectivity index (χ1n) is 6.36. The van der Waals surface area contributed by atoms with Gasteiger partial charge in [-0.3, -0.25) is 10.1 Å². The third-order valence-electron chi connectivity index (χ3n) is 2.67. The highest BCUT2D eigenvalue weighted by molar-refractivity contribution is 8.00. The summed E-state index contributed by atoms with van der Waals surface area (Å²) in [6.45, 7) is 0. The number of halogens is 2. The van der Waals surface area contributed by atoms with Crippen LogP contribution in [0.1, 0.15) is 15.2 Å². The van der Waals surface area contributed by atoms with Gasteiger partial charge in [-0.2, -0.15) is 0 Å². The van der Waals surface area contributed by atoms with Crippen molar-refractivity contribution in [1.29, 1.82) is 0 Å². The summed E-state index contributed by atoms with van der Waals surface area (Å²) >= 11 is 4.38. The molecule has 1 aromatic carbocycles. The lowest BCUT2D eigenvalue weighted by Crippen LogP contribution is -2.12. The number of hydrogen-bond donors (Lipinski definition) is 1. The van der Waals surface area contributed by atoms with E-state index in [9.17, 15) is 13.6 Å². The zero-order valence-corrected chi connectivity index (χ0v) is 13.9. The molecule has 0 bridgehead atoms. The summed E-state index contributed by atoms with van der Waals surface area (Å²) in [5.74, 6) is -1.47. The average molecular weight is 369 g/mol. The van der Waals surface area contributed by atoms with Crippen molar-refractivity contribution in [1.82, 2.24) is 10.2 Å². The number of carbonyl (C=O) groups is 1. The predicted octanol–water partition coefficient (Wildman–Crippen LogP) is 4.42. The Balaban J connectivity index is 1.63. The maximum absolute atomic E-state index is 13.1. The molecule has 2 aromatic heterocycles. The van der Waals surface area contributed by atoms with Crippen LogP contribution in [0.25, 0.3) is 0 Å². The van der Waals surface area contributed by atoms with Gasteiger partial charge in [0, 0.05) is 22.3 Å². The summed E-state index contributed by atoms with van der Waals surface area (Å²) in [5, 5.41) is 12.6. The summed E-state index contributed by atoms with van der Waals surface area (Å²) in [6.07, 6.45) is 0. The molecule has 2 heterocycles. The molecule has 0 saturated carbocycles. The van der Waals surface area contributed by atoms with Gasteiger partial charge in [0.1, 0.15) is 11.6 Å². The maximum Gasteiger partial charge on any atom is 0.257 e. The van der Waals surface area contributed by atoms with Crippen LogP contribution >= 0.6 is 34.4 Å². The van der Waals surface area contributed by atoms with Crippen molar-refractivity contribution in [3.05, 3.63) is 57.8 Å². The van der Waals surface area contributed by atoms with Gasteiger partial charge < -0.3 is 0 Å². The number of amides is 1. The second-order valence-corrected chi connectivity index (χ2v) is 7.59. The Morgan fingerprint density at radius 2 is 2.00 bits per heavy atom. The van der Waals surface area contributed by atoms with Crippen LogP contribution in [-0.2, 0) is 5.75 Å². The molecule has 1 amide bonds. The molecule has 9 heteroatoms. The van der Waals surface area contributed by atoms with Crippen LogP contribution in [0.2, 0.25) is 0 Å². The van der Waals surface area contributed by atoms with E-state index in [1.54, 1.807) is 11.3 Å². The Morgan fingerprint density at radius 3 is 2.70 bits per heavy atom. The molecule has 4 nitrogen and oxygen atoms in total. The van der Waals surface area contributed by atoms with Crippen molar-refractivity contribution >= 4 is 45.5 Å². The average Bonchev–Trinajstić information content (AvgIpc) is 3.15. The van der Waals surface area contributed by atoms with Crippen LogP contribution in [0.5, 0.6) is 0 Å². The van der Waals surface area contributed by atoms with Crippen molar-refractivity contribution in [2.24, 2.45) is 0 Å². The number of nitrogens with zero attached hydrogens (tertiary/aromatic N) is 2. The molecule has 3 rings (SSSR count). The summed E-state index contributed by atoms with van der Waals surface area (Å²) < 4.78 is 26.9. The predicted molar refractivity (Wildman–Crippen MR) is 88.1 cm³/mol. The van der Waals surface area contributed by atoms with Crippen molar-refractivity contribution < 1.29 is 13.6 Å². The van der Waals surface area contributed by atoms with Crippen LogP contribution < -0.4 is 5.32 Å². The Hall–Kier alpha value is -1.84. The van der Waals surface area contributed by atoms with Gasteiger partial charge in [0.05, 0.1) is 0 Å². The first-order valence-corrected chi connectivity index (χ1v) is 9.04. The van der Waals surface area contributed by atoms with E-state index < -0.39 is 17.5 Å². The van der Waals surface area contributed by atoms with E-state index in [1.165, 1.54) is 28.0 Å². The van der Waals surface area contributed by atoms with Crippen molar-refractivity contribution in [2.75, 3.05) is 5.32 Å². The van der Waals surface area contributed by atoms with Crippen LogP contribution in [0.3, 0.4) is 0 Å². The number of anilines is 1. The first-order chi connectivity index (χ1) is 11.1. The van der Waals surface area contributed by atoms with Gasteiger partial charge in [0.15, 0.2) is 4.34 Å². The molecule has 0 unspecified atom stereocenters. The molecule has 0 fully saturated rings. The Kier molecular flexibility index (Phi) is 4.99. The van der Waals surface area contributed by atoms with Crippen LogP contribution in [0.15, 0.2) is 40.1 Å². The van der Waals surface area contributed by atoms with E-state index in [2.05, 4.69) is 15.5 Å². The summed E-state index contributed by atoms with van der Waals surface area (Å²) in [4.78, 5) is 13.2. The summed E-state index contributed by atoms with van der Waals surface area (Å²) in [5.41, 5.74) is -0.106. The minimum atomic E-state index is -0.806. The van der Waals surface area contributed by atoms with E-state index in [1.807, 2.05) is 17.5 Å². The molecule has 0 spiro atoms. The molecule has 0 radical (unpaired) electrons. The lowest BCUT2D eigenvalue weighted by atomic mass is 10.2. The molecular formula is C14H9F2N3OS3. The van der Waals surface area contributed by atoms with Crippen molar-refractivity contribution in [2.45, 2.75) is 10.1 Å². The Labute approximate surface area is 142 Å². The van der Waals surface area contributed by atoms with Gasteiger partial charge in [-0.05, 0) is 23.6 Å². The van der Waals surface area contributed by atoms with Gasteiger partial charge >= 0.3 is 0 Å². The van der Waals surface area contributed by atoms with Gasteiger partial charge in [0.25, 0.3) is 5.91 Å². The number of carbonyl (C=O) groups excluding carboxylic acids is 1. The molecular weight excluding hydrogens is 360 g/mol. The molecule has 1 N–H and O–H groups in total. The minimum absolute atomic E-state index is 0.106. The van der Waals surface area contributed by atoms with Gasteiger partial charge in [-0.15, -0.1) is 21.5 Å². The zero-order chi connectivity index (χ0) is 16.2. The molecule has 3 aromatic rings. The highest BCUT2D eigenvalue weighted by atomic mass is 32.2. The number of thiophene rings is 1. The maximum atomic E-state index is 13.1. The zero-order valence-electron chi connectivity index (χ0n) is 11.5. The Bertz CT molecular complexity index is 800. The second kappa shape index (κ2) is 7.16. The van der Waals surface area contributed by atoms with Crippen molar-refractivity contribution in [3.63, 3.8) is 0 Å². The summed E-state index contributed by atoms with van der Waals surface area (Å²) in [6, 6.07) is 6.64. The fraction of sp³-hybridized carbons (Fsp3) is 0.0714. The normalized spacial score (nSPS) is 10.7. The van der Waals surface area contributed by atoms with Gasteiger partial charge in [-0.25, -0.2) is 8.78 Å². The van der Waals surface area contributed by atoms with E-state index in [4.69, 9.17) is 0 Å². The molecule has 0 aliphatic rings. The fourth-order valence-electron chi connectivity index (χ4n) is 1.70. The van der Waals surface area contributed by atoms with E-state index in [0.29, 0.717) is 10.4 Å². The standard InChI is InChI=1S/C14H9F2N3OS3/c15-9-4-8(5-10(16)6-9)12(20)17-13-18-19-14(23-13)22-7-11-2-1-3-21-11/h1-6H,7H2,(H,17,18,20). The fourth-order valence-corrected chi connectivity index (χ4v) is 4.22. The van der Waals surface area contributed by atoms with Crippen LogP contribution in [0, 0.1) is 11.6 Å². The number of aromatic nitrogens is 2. The van der Waals surface area contributed by atoms with E-state index in [-0.39, 0.29) is 10.7 Å². The smallest absolute Gasteiger partial charge is 0.257 e. The SMILES string of the molecule is O=C(Nc1nnc(SCc2cccs2)s1)c1cc(F)cc(F)c1. The molecule has 118 valence electrons. The quantitative estimate of drug-likeness (QED) is 0.534. The number of rotatable bonds is 5. The largest absolute Gasteiger partial charge is 0.296 e. The number of benzene rings is 1. The molecule has 0 aliphatic heterocycles. The molecule has 0 aliphatic carbocycles. The number of nitrogens with one attached hydrogen (secondary N) is 1. The van der Waals surface area contributed by atoms with E-state index >= 15 is 0 Å². The highest BCUT2D eigenvalue weighted by Gasteiger charge is 2.13. The molecule has 0 saturated heterocycles. The lowest BCUT2D eigenvalue weighted by molar-refractivity contribution is 0.102. The first kappa shape index (κ1) is 16.0. The van der Waals surface area contributed by atoms with Crippen LogP contribution in [-0.4, -0.2) is 16.1 Å².